The Morgan fingerprint density at radius 2 is 1.44 bits per heavy atom. The van der Waals surface area contributed by atoms with E-state index in [9.17, 15) is 0 Å². The van der Waals surface area contributed by atoms with E-state index in [0.717, 1.165) is 51.6 Å². The Labute approximate surface area is 356 Å². The minimum atomic E-state index is -0.148. The summed E-state index contributed by atoms with van der Waals surface area (Å²) in [6.45, 7) is 16.4. The molecule has 1 heterocycles. The highest BCUT2D eigenvalue weighted by Crippen LogP contribution is 2.53. The topological polar surface area (TPSA) is 19.9 Å². The summed E-state index contributed by atoms with van der Waals surface area (Å²) in [7, 11) is 0. The van der Waals surface area contributed by atoms with Crippen LogP contribution in [0.25, 0.3) is 16.8 Å². The van der Waals surface area contributed by atoms with Gasteiger partial charge in [0.05, 0.1) is 6.54 Å². The van der Waals surface area contributed by atoms with Gasteiger partial charge in [-0.2, -0.15) is 0 Å². The molecule has 2 N–H and O–H groups in total. The van der Waals surface area contributed by atoms with Crippen LogP contribution < -0.4 is 10.2 Å². The SMILES string of the molecule is CC(C)CC[NH2+]c1ccc2ccccc2c1C(C)(C/C=C/C=C/C=C/C=C1/N(CCC(C)C)c2ccc3c(c2C1(C)Cc1ccccc1)C=CCC3)Cc1ccccc1. The number of fused-ring (bicyclic) bond motifs is 4. The monoisotopic (exact) mass is 780 g/mol. The van der Waals surface area contributed by atoms with Crippen molar-refractivity contribution < 1.29 is 5.32 Å². The second-order valence-electron chi connectivity index (χ2n) is 18.4. The first-order valence-corrected chi connectivity index (χ1v) is 22.4. The lowest BCUT2D eigenvalue weighted by Gasteiger charge is -2.32. The molecule has 2 heteroatoms. The van der Waals surface area contributed by atoms with E-state index in [0.29, 0.717) is 11.8 Å². The smallest absolute Gasteiger partial charge is 0.134 e. The Balaban J connectivity index is 1.17. The van der Waals surface area contributed by atoms with E-state index >= 15 is 0 Å². The van der Waals surface area contributed by atoms with Crippen molar-refractivity contribution in [2.75, 3.05) is 18.0 Å². The first-order valence-electron chi connectivity index (χ1n) is 22.4. The zero-order chi connectivity index (χ0) is 41.2. The van der Waals surface area contributed by atoms with Gasteiger partial charge in [-0.3, -0.25) is 0 Å². The summed E-state index contributed by atoms with van der Waals surface area (Å²) in [4.78, 5) is 2.64. The van der Waals surface area contributed by atoms with E-state index < -0.39 is 0 Å². The minimum Gasteiger partial charge on any atom is -0.344 e. The van der Waals surface area contributed by atoms with E-state index in [4.69, 9.17) is 0 Å². The van der Waals surface area contributed by atoms with Gasteiger partial charge in [-0.05, 0) is 127 Å². The van der Waals surface area contributed by atoms with Crippen LogP contribution in [0.1, 0.15) is 101 Å². The largest absolute Gasteiger partial charge is 0.344 e. The number of allylic oxidation sites excluding steroid dienone is 9. The lowest BCUT2D eigenvalue weighted by molar-refractivity contribution is -0.573. The molecule has 0 amide bonds. The lowest BCUT2D eigenvalue weighted by Crippen LogP contribution is -2.78. The quantitative estimate of drug-likeness (QED) is 0.0736. The van der Waals surface area contributed by atoms with Crippen molar-refractivity contribution >= 4 is 28.2 Å². The molecule has 7 rings (SSSR count). The summed E-state index contributed by atoms with van der Waals surface area (Å²) in [5, 5.41) is 5.18. The molecule has 1 aliphatic carbocycles. The van der Waals surface area contributed by atoms with E-state index in [2.05, 4.69) is 216 Å². The van der Waals surface area contributed by atoms with Gasteiger partial charge in [-0.1, -0.05) is 174 Å². The molecule has 304 valence electrons. The number of nitrogens with zero attached hydrogens (tertiary/aromatic N) is 1. The highest BCUT2D eigenvalue weighted by molar-refractivity contribution is 5.90. The molecule has 0 aromatic heterocycles. The van der Waals surface area contributed by atoms with E-state index in [1.807, 2.05) is 0 Å². The molecule has 2 atom stereocenters. The van der Waals surface area contributed by atoms with Gasteiger partial charge in [0.1, 0.15) is 5.69 Å². The number of quaternary nitrogens is 1. The van der Waals surface area contributed by atoms with Gasteiger partial charge in [0.2, 0.25) is 0 Å². The molecule has 59 heavy (non-hydrogen) atoms. The zero-order valence-corrected chi connectivity index (χ0v) is 36.6. The molecule has 0 saturated heterocycles. The van der Waals surface area contributed by atoms with Crippen molar-refractivity contribution in [1.29, 1.82) is 0 Å². The van der Waals surface area contributed by atoms with Gasteiger partial charge in [-0.25, -0.2) is 0 Å². The highest BCUT2D eigenvalue weighted by atomic mass is 15.2. The molecule has 2 aliphatic rings. The predicted octanol–water partition coefficient (Wildman–Crippen LogP) is 13.5. The molecule has 5 aromatic rings. The van der Waals surface area contributed by atoms with Crippen LogP contribution in [0, 0.1) is 11.8 Å². The molecule has 0 spiro atoms. The Morgan fingerprint density at radius 1 is 0.746 bits per heavy atom. The summed E-state index contributed by atoms with van der Waals surface area (Å²) in [6.07, 6.45) is 28.2. The van der Waals surface area contributed by atoms with Crippen molar-refractivity contribution in [2.24, 2.45) is 11.8 Å². The van der Waals surface area contributed by atoms with Crippen LogP contribution in [-0.4, -0.2) is 13.1 Å². The first-order chi connectivity index (χ1) is 28.7. The van der Waals surface area contributed by atoms with Crippen LogP contribution in [-0.2, 0) is 30.1 Å². The van der Waals surface area contributed by atoms with Gasteiger partial charge in [0.15, 0.2) is 0 Å². The lowest BCUT2D eigenvalue weighted by atomic mass is 9.72. The number of aryl methyl sites for hydroxylation is 1. The molecule has 2 unspecified atom stereocenters. The fourth-order valence-electron chi connectivity index (χ4n) is 9.70. The predicted molar refractivity (Wildman–Crippen MR) is 256 cm³/mol. The fraction of sp³-hybridized carbons (Fsp3) is 0.333. The van der Waals surface area contributed by atoms with Gasteiger partial charge in [0.25, 0.3) is 0 Å². The molecule has 2 nitrogen and oxygen atoms in total. The maximum atomic E-state index is 2.64. The average molecular weight is 780 g/mol. The second kappa shape index (κ2) is 19.3. The fourth-order valence-corrected chi connectivity index (χ4v) is 9.70. The van der Waals surface area contributed by atoms with E-state index in [1.165, 1.54) is 67.6 Å². The maximum absolute atomic E-state index is 2.64. The second-order valence-corrected chi connectivity index (χ2v) is 18.4. The Hall–Kier alpha value is -5.18. The molecule has 0 saturated carbocycles. The van der Waals surface area contributed by atoms with Crippen LogP contribution in [0.2, 0.25) is 0 Å². The molecule has 0 radical (unpaired) electrons. The summed E-state index contributed by atoms with van der Waals surface area (Å²) in [5.74, 6) is 1.32. The van der Waals surface area contributed by atoms with E-state index in [1.54, 1.807) is 0 Å². The molecule has 1 aliphatic heterocycles. The van der Waals surface area contributed by atoms with E-state index in [-0.39, 0.29) is 10.8 Å². The molecular weight excluding hydrogens is 713 g/mol. The number of hydrogen-bond acceptors (Lipinski definition) is 1. The van der Waals surface area contributed by atoms with Crippen molar-refractivity contribution in [1.82, 2.24) is 0 Å². The zero-order valence-electron chi connectivity index (χ0n) is 36.6. The van der Waals surface area contributed by atoms with Gasteiger partial charge < -0.3 is 10.2 Å². The van der Waals surface area contributed by atoms with Crippen LogP contribution in [0.4, 0.5) is 11.4 Å². The molecule has 5 aromatic carbocycles. The Morgan fingerprint density at radius 3 is 2.20 bits per heavy atom. The summed E-state index contributed by atoms with van der Waals surface area (Å²) >= 11 is 0. The van der Waals surface area contributed by atoms with Crippen molar-refractivity contribution in [3.05, 3.63) is 197 Å². The molecule has 0 bridgehead atoms. The Kier molecular flexibility index (Phi) is 13.7. The maximum Gasteiger partial charge on any atom is 0.134 e. The van der Waals surface area contributed by atoms with Crippen LogP contribution in [0.15, 0.2) is 163 Å². The molecule has 0 fully saturated rings. The third-order valence-corrected chi connectivity index (χ3v) is 12.7. The van der Waals surface area contributed by atoms with Crippen molar-refractivity contribution in [3.8, 4) is 0 Å². The standard InChI is InChI=1S/C57H66N2/c1-43(2)36-39-58-51-34-32-47-27-18-20-29-49(47)54(51)56(5,41-45-23-13-11-14-24-45)38-22-10-8-7-9-17-31-53-57(6,42-46-25-15-12-16-26-46)55-50-30-21-19-28-48(50)33-35-52(55)59(53)40-37-44(3)4/h7-18,20-27,29-35,43-44,58H,19,28,36-42H2,1-6H3/p+1/b8-7+,17-9+,22-10+,53-31+. The molecular formula is C57H67N2+. The summed E-state index contributed by atoms with van der Waals surface area (Å²) in [6, 6.07) is 40.6. The first kappa shape index (κ1) is 42.0. The number of hydrogen-bond donors (Lipinski definition) is 1. The van der Waals surface area contributed by atoms with Crippen LogP contribution in [0.5, 0.6) is 0 Å². The number of rotatable bonds is 17. The number of benzene rings is 5. The van der Waals surface area contributed by atoms with Crippen LogP contribution in [0.3, 0.4) is 0 Å². The average Bonchev–Trinajstić information content (AvgIpc) is 3.47. The highest BCUT2D eigenvalue weighted by Gasteiger charge is 2.45. The van der Waals surface area contributed by atoms with Gasteiger partial charge in [0, 0.05) is 34.3 Å². The number of nitrogens with two attached hydrogens (primary N) is 1. The Bertz CT molecular complexity index is 2320. The normalized spacial score (nSPS) is 18.3. The minimum absolute atomic E-state index is 0.0923. The van der Waals surface area contributed by atoms with Crippen molar-refractivity contribution in [2.45, 2.75) is 97.3 Å². The summed E-state index contributed by atoms with van der Waals surface area (Å²) < 4.78 is 0. The van der Waals surface area contributed by atoms with Crippen molar-refractivity contribution in [3.63, 3.8) is 0 Å². The number of anilines is 1. The van der Waals surface area contributed by atoms with Gasteiger partial charge in [-0.15, -0.1) is 0 Å². The third-order valence-electron chi connectivity index (χ3n) is 12.7. The van der Waals surface area contributed by atoms with Crippen LogP contribution >= 0.6 is 0 Å². The third kappa shape index (κ3) is 9.83. The summed E-state index contributed by atoms with van der Waals surface area (Å²) in [5.41, 5.74) is 12.6. The van der Waals surface area contributed by atoms with Gasteiger partial charge >= 0.3 is 0 Å².